The maximum Gasteiger partial charge on any atom is 0.258 e. The number of methoxy groups -OCH3 is 1. The van der Waals surface area contributed by atoms with Crippen molar-refractivity contribution in [3.63, 3.8) is 0 Å². The third-order valence-corrected chi connectivity index (χ3v) is 6.58. The van der Waals surface area contributed by atoms with Crippen molar-refractivity contribution >= 4 is 40.7 Å². The molecule has 2 heterocycles. The molecule has 0 fully saturated rings. The number of rotatable bonds is 10. The highest BCUT2D eigenvalue weighted by atomic mass is 16.5. The number of ether oxygens (including phenoxy) is 1. The van der Waals surface area contributed by atoms with E-state index in [-0.39, 0.29) is 5.56 Å². The number of pyridine rings is 1. The quantitative estimate of drug-likeness (QED) is 0.245. The molecule has 4 N–H and O–H groups in total. The number of dihydropyridines is 1. The van der Waals surface area contributed by atoms with Crippen molar-refractivity contribution in [2.24, 2.45) is 12.0 Å². The van der Waals surface area contributed by atoms with E-state index in [1.54, 1.807) is 17.9 Å². The van der Waals surface area contributed by atoms with Crippen LogP contribution in [0.25, 0.3) is 17.8 Å². The summed E-state index contributed by atoms with van der Waals surface area (Å²) < 4.78 is 7.38. The van der Waals surface area contributed by atoms with Gasteiger partial charge in [0.15, 0.2) is 0 Å². The van der Waals surface area contributed by atoms with Crippen molar-refractivity contribution in [2.45, 2.75) is 26.7 Å². The number of benzene rings is 1. The lowest BCUT2D eigenvalue weighted by atomic mass is 10.1. The maximum atomic E-state index is 13.2. The summed E-state index contributed by atoms with van der Waals surface area (Å²) in [5.41, 5.74) is 10.2. The van der Waals surface area contributed by atoms with Crippen LogP contribution in [0.3, 0.4) is 0 Å². The van der Waals surface area contributed by atoms with Gasteiger partial charge in [0.1, 0.15) is 11.6 Å². The first-order valence-electron chi connectivity index (χ1n) is 13.3. The van der Waals surface area contributed by atoms with E-state index >= 15 is 0 Å². The average Bonchev–Trinajstić information content (AvgIpc) is 2.92. The molecule has 39 heavy (non-hydrogen) atoms. The number of allylic oxidation sites excluding steroid dienone is 2. The predicted octanol–water partition coefficient (Wildman–Crippen LogP) is 2.32. The minimum atomic E-state index is -0.0382. The van der Waals surface area contributed by atoms with Crippen LogP contribution in [0.5, 0.6) is 5.75 Å². The summed E-state index contributed by atoms with van der Waals surface area (Å²) >= 11 is 0. The molecule has 0 atom stereocenters. The minimum absolute atomic E-state index is 0.0382. The Hall–Kier alpha value is -3.98. The van der Waals surface area contributed by atoms with Gasteiger partial charge in [0.2, 0.25) is 0 Å². The Balaban J connectivity index is 2.00. The van der Waals surface area contributed by atoms with Crippen molar-refractivity contribution in [3.05, 3.63) is 63.0 Å². The molecule has 0 unspecified atom stereocenters. The van der Waals surface area contributed by atoms with Crippen molar-refractivity contribution in [2.75, 3.05) is 63.8 Å². The summed E-state index contributed by atoms with van der Waals surface area (Å²) in [7, 11) is 9.57. The van der Waals surface area contributed by atoms with Gasteiger partial charge in [-0.1, -0.05) is 31.6 Å². The smallest absolute Gasteiger partial charge is 0.258 e. The number of hydrogen-bond donors (Lipinski definition) is 3. The third kappa shape index (κ3) is 7.54. The van der Waals surface area contributed by atoms with Crippen LogP contribution in [0.2, 0.25) is 0 Å². The lowest BCUT2D eigenvalue weighted by Crippen LogP contribution is -2.43. The maximum absolute atomic E-state index is 13.2. The number of nitrogen functional groups attached to an aromatic ring is 1. The number of nitrogens with two attached hydrogens (primary N) is 1. The Morgan fingerprint density at radius 2 is 2.03 bits per heavy atom. The molecule has 0 spiro atoms. The second-order valence-corrected chi connectivity index (χ2v) is 9.97. The number of amidine groups is 1. The molecule has 9 nitrogen and oxygen atoms in total. The molecule has 0 aliphatic carbocycles. The van der Waals surface area contributed by atoms with Gasteiger partial charge in [0, 0.05) is 73.9 Å². The molecule has 2 aromatic rings. The van der Waals surface area contributed by atoms with E-state index in [0.717, 1.165) is 60.0 Å². The Morgan fingerprint density at radius 1 is 1.26 bits per heavy atom. The van der Waals surface area contributed by atoms with Gasteiger partial charge in [-0.05, 0) is 39.6 Å². The Labute approximate surface area is 231 Å². The molecule has 0 saturated carbocycles. The topological polar surface area (TPSA) is 100 Å². The first-order chi connectivity index (χ1) is 18.7. The zero-order chi connectivity index (χ0) is 28.5. The number of anilines is 3. The number of nitrogens with one attached hydrogen (secondary N) is 2. The number of aliphatic imine (C=N–C) groups is 1. The number of nitrogens with zero attached hydrogens (tertiary/aromatic N) is 4. The Bertz CT molecular complexity index is 1430. The van der Waals surface area contributed by atoms with Crippen molar-refractivity contribution in [1.29, 1.82) is 0 Å². The molecular weight excluding hydrogens is 490 g/mol. The zero-order valence-corrected chi connectivity index (χ0v) is 24.3. The van der Waals surface area contributed by atoms with Gasteiger partial charge in [0.25, 0.3) is 5.56 Å². The van der Waals surface area contributed by atoms with Gasteiger partial charge in [0.05, 0.1) is 24.2 Å². The summed E-state index contributed by atoms with van der Waals surface area (Å²) in [4.78, 5) is 22.1. The van der Waals surface area contributed by atoms with Crippen LogP contribution >= 0.6 is 0 Å². The molecule has 210 valence electrons. The lowest BCUT2D eigenvalue weighted by molar-refractivity contribution is 0.413. The van der Waals surface area contributed by atoms with Gasteiger partial charge in [-0.2, -0.15) is 0 Å². The van der Waals surface area contributed by atoms with Crippen molar-refractivity contribution in [1.82, 2.24) is 14.8 Å². The second kappa shape index (κ2) is 13.7. The predicted molar refractivity (Wildman–Crippen MR) is 166 cm³/mol. The number of likely N-dealkylation sites (N-methyl/N-ethyl adjacent to an activating group) is 2. The number of aromatic nitrogens is 1. The zero-order valence-electron chi connectivity index (χ0n) is 24.3. The summed E-state index contributed by atoms with van der Waals surface area (Å²) in [5, 5.41) is 8.23. The standard InChI is InChI=1S/C30H43N7O2/c1-8-9-12-27-23(16-24(30(38)37(27)6)22-11-10-13-32-19-22)20-33-21(2)34-26-17-25(31)28(18-29(26)39-7)36(5)15-14-35(3)4/h10-12,16-20,32H,8-9,13-15,31H2,1-7H3,(H,33,34)/b23-20-,27-12-. The van der Waals surface area contributed by atoms with E-state index in [1.807, 2.05) is 71.7 Å². The molecule has 0 radical (unpaired) electrons. The molecule has 9 heteroatoms. The van der Waals surface area contributed by atoms with Crippen LogP contribution in [0, 0.1) is 0 Å². The summed E-state index contributed by atoms with van der Waals surface area (Å²) in [6.45, 7) is 6.50. The molecule has 1 aliphatic heterocycles. The Kier molecular flexibility index (Phi) is 10.4. The van der Waals surface area contributed by atoms with Gasteiger partial charge >= 0.3 is 0 Å². The van der Waals surface area contributed by atoms with Gasteiger partial charge in [-0.15, -0.1) is 0 Å². The van der Waals surface area contributed by atoms with Crippen LogP contribution in [-0.4, -0.2) is 63.2 Å². The van der Waals surface area contributed by atoms with Gasteiger partial charge < -0.3 is 35.5 Å². The summed E-state index contributed by atoms with van der Waals surface area (Å²) in [6.07, 6.45) is 11.6. The first kappa shape index (κ1) is 29.6. The first-order valence-corrected chi connectivity index (χ1v) is 13.3. The summed E-state index contributed by atoms with van der Waals surface area (Å²) in [6, 6.07) is 5.74. The molecule has 0 bridgehead atoms. The fraction of sp³-hybridized carbons (Fsp3) is 0.400. The average molecular weight is 534 g/mol. The fourth-order valence-corrected chi connectivity index (χ4v) is 4.31. The van der Waals surface area contributed by atoms with E-state index in [1.165, 1.54) is 0 Å². The van der Waals surface area contributed by atoms with E-state index in [0.29, 0.717) is 22.8 Å². The van der Waals surface area contributed by atoms with Crippen molar-refractivity contribution in [3.8, 4) is 5.75 Å². The lowest BCUT2D eigenvalue weighted by Gasteiger charge is -2.24. The van der Waals surface area contributed by atoms with Gasteiger partial charge in [-0.3, -0.25) is 4.79 Å². The number of hydrogen-bond acceptors (Lipinski definition) is 7. The molecule has 1 aliphatic rings. The van der Waals surface area contributed by atoms with E-state index in [4.69, 9.17) is 15.5 Å². The Morgan fingerprint density at radius 3 is 2.67 bits per heavy atom. The van der Waals surface area contributed by atoms with Gasteiger partial charge in [-0.25, -0.2) is 4.99 Å². The molecule has 1 aromatic carbocycles. The highest BCUT2D eigenvalue weighted by Crippen LogP contribution is 2.35. The van der Waals surface area contributed by atoms with E-state index in [2.05, 4.69) is 33.4 Å². The largest absolute Gasteiger partial charge is 0.494 e. The monoisotopic (exact) mass is 533 g/mol. The summed E-state index contributed by atoms with van der Waals surface area (Å²) in [5.74, 6) is 1.34. The minimum Gasteiger partial charge on any atom is -0.494 e. The molecule has 0 saturated heterocycles. The third-order valence-electron chi connectivity index (χ3n) is 6.58. The second-order valence-electron chi connectivity index (χ2n) is 9.97. The fourth-order valence-electron chi connectivity index (χ4n) is 4.31. The van der Waals surface area contributed by atoms with Crippen LogP contribution in [0.4, 0.5) is 17.1 Å². The van der Waals surface area contributed by atoms with Crippen molar-refractivity contribution < 1.29 is 4.74 Å². The molecule has 1 aromatic heterocycles. The van der Waals surface area contributed by atoms with E-state index in [9.17, 15) is 4.79 Å². The number of unbranched alkanes of at least 4 members (excludes halogenated alkanes) is 1. The molecular formula is C30H43N7O2. The van der Waals surface area contributed by atoms with E-state index < -0.39 is 0 Å². The molecule has 3 rings (SSSR count). The van der Waals surface area contributed by atoms with Crippen LogP contribution in [0.1, 0.15) is 32.3 Å². The highest BCUT2D eigenvalue weighted by Gasteiger charge is 2.13. The SMILES string of the molecule is CCC/C=c1/c(=C\N=C(C)Nc2cc(N)c(N(C)CCN(C)C)cc2OC)cc(C2=CNCC=C2)c(=O)n1C. The van der Waals surface area contributed by atoms with Crippen LogP contribution < -0.4 is 42.1 Å². The normalized spacial score (nSPS) is 14.5. The van der Waals surface area contributed by atoms with Crippen LogP contribution in [0.15, 0.2) is 46.3 Å². The molecule has 0 amide bonds. The van der Waals surface area contributed by atoms with Crippen LogP contribution in [-0.2, 0) is 7.05 Å². The highest BCUT2D eigenvalue weighted by molar-refractivity contribution is 5.97.